The molecule has 0 radical (unpaired) electrons. The van der Waals surface area contributed by atoms with Crippen molar-refractivity contribution in [1.29, 1.82) is 0 Å². The van der Waals surface area contributed by atoms with Gasteiger partial charge < -0.3 is 5.73 Å². The Balaban J connectivity index is 2.32. The predicted molar refractivity (Wildman–Crippen MR) is 25.1 cm³/mol. The highest BCUT2D eigenvalue weighted by molar-refractivity contribution is 4.93. The number of rotatable bonds is 0. The third kappa shape index (κ3) is 0.601. The summed E-state index contributed by atoms with van der Waals surface area (Å²) in [5, 5.41) is 0. The molecule has 0 aromatic carbocycles. The second kappa shape index (κ2) is 1.43. The predicted octanol–water partition coefficient (Wildman–Crippen LogP) is -0.0531. The maximum absolute atomic E-state index is 3.88. The summed E-state index contributed by atoms with van der Waals surface area (Å²) in [6.45, 7) is 0. The summed E-state index contributed by atoms with van der Waals surface area (Å²) in [7, 11) is 0. The lowest BCUT2D eigenvalue weighted by molar-refractivity contribution is -0.415. The third-order valence-corrected chi connectivity index (χ3v) is 1.11. The molecule has 1 aliphatic carbocycles. The van der Waals surface area contributed by atoms with Crippen LogP contribution >= 0.6 is 0 Å². The molecule has 34 valence electrons. The van der Waals surface area contributed by atoms with Gasteiger partial charge in [0.05, 0.1) is 6.04 Å². The van der Waals surface area contributed by atoms with Gasteiger partial charge in [0, 0.05) is 12.8 Å². The molecule has 1 aliphatic rings. The fraction of sp³-hybridized carbons (Fsp3) is 0.600. The molecule has 0 unspecified atom stereocenters. The lowest BCUT2D eigenvalue weighted by Gasteiger charge is -1.89. The first-order valence-corrected chi connectivity index (χ1v) is 2.37. The maximum atomic E-state index is 3.88. The second-order valence-corrected chi connectivity index (χ2v) is 1.81. The zero-order valence-electron chi connectivity index (χ0n) is 3.85. The molecule has 3 N–H and O–H groups in total. The summed E-state index contributed by atoms with van der Waals surface area (Å²) in [6.07, 6.45) is 6.77. The van der Waals surface area contributed by atoms with E-state index < -0.39 is 0 Å². The van der Waals surface area contributed by atoms with Crippen LogP contribution in [0.15, 0.2) is 12.2 Å². The zero-order chi connectivity index (χ0) is 4.41. The molecular formula is C5H10N+. The summed E-state index contributed by atoms with van der Waals surface area (Å²) < 4.78 is 0. The number of hydrogen-bond donors (Lipinski definition) is 1. The number of hydrogen-bond acceptors (Lipinski definition) is 0. The standard InChI is InChI=1S/C5H9N/c6-5-3-1-2-4-5/h1-2,5H,3-4,6H2/p+1. The van der Waals surface area contributed by atoms with E-state index in [1.54, 1.807) is 0 Å². The van der Waals surface area contributed by atoms with E-state index in [9.17, 15) is 0 Å². The molecule has 0 spiro atoms. The lowest BCUT2D eigenvalue weighted by Crippen LogP contribution is -2.59. The molecule has 0 amide bonds. The molecule has 1 rings (SSSR count). The van der Waals surface area contributed by atoms with Crippen LogP contribution in [0.4, 0.5) is 0 Å². The summed E-state index contributed by atoms with van der Waals surface area (Å²) in [5.74, 6) is 0. The van der Waals surface area contributed by atoms with Crippen molar-refractivity contribution in [3.8, 4) is 0 Å². The van der Waals surface area contributed by atoms with Crippen molar-refractivity contribution in [2.75, 3.05) is 0 Å². The Labute approximate surface area is 37.8 Å². The van der Waals surface area contributed by atoms with Crippen LogP contribution in [0.5, 0.6) is 0 Å². The zero-order valence-corrected chi connectivity index (χ0v) is 3.85. The molecule has 0 atom stereocenters. The lowest BCUT2D eigenvalue weighted by atomic mass is 10.3. The molecule has 0 aromatic rings. The largest absolute Gasteiger partial charge is 0.355 e. The van der Waals surface area contributed by atoms with Crippen molar-refractivity contribution >= 4 is 0 Å². The highest BCUT2D eigenvalue weighted by Crippen LogP contribution is 2.02. The molecule has 0 saturated carbocycles. The Kier molecular flexibility index (Phi) is 0.926. The highest BCUT2D eigenvalue weighted by Gasteiger charge is 2.04. The van der Waals surface area contributed by atoms with Gasteiger partial charge in [0.25, 0.3) is 0 Å². The highest BCUT2D eigenvalue weighted by atomic mass is 14.6. The van der Waals surface area contributed by atoms with E-state index in [2.05, 4.69) is 17.9 Å². The summed E-state index contributed by atoms with van der Waals surface area (Å²) in [4.78, 5) is 0. The van der Waals surface area contributed by atoms with Crippen LogP contribution in [-0.4, -0.2) is 6.04 Å². The monoisotopic (exact) mass is 84.1 g/mol. The normalized spacial score (nSPS) is 22.8. The third-order valence-electron chi connectivity index (χ3n) is 1.11. The molecule has 1 heteroatoms. The van der Waals surface area contributed by atoms with Gasteiger partial charge in [-0.25, -0.2) is 0 Å². The molecule has 0 fully saturated rings. The Hall–Kier alpha value is -0.300. The first kappa shape index (κ1) is 3.88. The Bertz CT molecular complexity index is 58.3. The SMILES string of the molecule is [NH3+]C1CC=CC1. The van der Waals surface area contributed by atoms with Crippen molar-refractivity contribution in [1.82, 2.24) is 0 Å². The van der Waals surface area contributed by atoms with Gasteiger partial charge >= 0.3 is 0 Å². The molecule has 1 nitrogen and oxygen atoms in total. The minimum Gasteiger partial charge on any atom is -0.355 e. The average Bonchev–Trinajstić information content (AvgIpc) is 1.86. The summed E-state index contributed by atoms with van der Waals surface area (Å²) >= 11 is 0. The van der Waals surface area contributed by atoms with E-state index in [1.165, 1.54) is 12.8 Å². The minimum atomic E-state index is 0.685. The first-order chi connectivity index (χ1) is 2.89. The van der Waals surface area contributed by atoms with Crippen molar-refractivity contribution in [3.63, 3.8) is 0 Å². The maximum Gasteiger partial charge on any atom is 0.0913 e. The van der Waals surface area contributed by atoms with Crippen LogP contribution < -0.4 is 5.73 Å². The van der Waals surface area contributed by atoms with Crippen molar-refractivity contribution < 1.29 is 5.73 Å². The molecule has 0 aromatic heterocycles. The van der Waals surface area contributed by atoms with E-state index in [4.69, 9.17) is 0 Å². The molecule has 0 saturated heterocycles. The van der Waals surface area contributed by atoms with E-state index in [1.807, 2.05) is 0 Å². The van der Waals surface area contributed by atoms with Crippen LogP contribution in [0.2, 0.25) is 0 Å². The van der Waals surface area contributed by atoms with Gasteiger partial charge in [-0.2, -0.15) is 0 Å². The van der Waals surface area contributed by atoms with Gasteiger partial charge in [-0.05, 0) is 0 Å². The topological polar surface area (TPSA) is 27.6 Å². The van der Waals surface area contributed by atoms with E-state index in [0.29, 0.717) is 6.04 Å². The van der Waals surface area contributed by atoms with Crippen LogP contribution in [0.3, 0.4) is 0 Å². The van der Waals surface area contributed by atoms with Gasteiger partial charge in [0.1, 0.15) is 0 Å². The van der Waals surface area contributed by atoms with Gasteiger partial charge in [0.15, 0.2) is 0 Å². The van der Waals surface area contributed by atoms with Crippen molar-refractivity contribution in [2.24, 2.45) is 0 Å². The smallest absolute Gasteiger partial charge is 0.0913 e. The fourth-order valence-electron chi connectivity index (χ4n) is 0.674. The number of quaternary nitrogens is 1. The molecular weight excluding hydrogens is 74.1 g/mol. The molecule has 0 bridgehead atoms. The van der Waals surface area contributed by atoms with Crippen molar-refractivity contribution in [3.05, 3.63) is 12.2 Å². The van der Waals surface area contributed by atoms with Gasteiger partial charge in [0.2, 0.25) is 0 Å². The van der Waals surface area contributed by atoms with E-state index in [-0.39, 0.29) is 0 Å². The Morgan fingerprint density at radius 3 is 2.00 bits per heavy atom. The average molecular weight is 84.1 g/mol. The Morgan fingerprint density at radius 2 is 1.83 bits per heavy atom. The van der Waals surface area contributed by atoms with Gasteiger partial charge in [-0.15, -0.1) is 0 Å². The van der Waals surface area contributed by atoms with Crippen molar-refractivity contribution in [2.45, 2.75) is 18.9 Å². The van der Waals surface area contributed by atoms with E-state index >= 15 is 0 Å². The molecule has 0 heterocycles. The van der Waals surface area contributed by atoms with Crippen LogP contribution in [0.25, 0.3) is 0 Å². The molecule has 6 heavy (non-hydrogen) atoms. The van der Waals surface area contributed by atoms with Gasteiger partial charge in [-0.3, -0.25) is 0 Å². The Morgan fingerprint density at radius 1 is 1.33 bits per heavy atom. The summed E-state index contributed by atoms with van der Waals surface area (Å²) in [5.41, 5.74) is 3.88. The molecule has 0 aliphatic heterocycles. The summed E-state index contributed by atoms with van der Waals surface area (Å²) in [6, 6.07) is 0.685. The van der Waals surface area contributed by atoms with Crippen LogP contribution in [0.1, 0.15) is 12.8 Å². The van der Waals surface area contributed by atoms with Crippen LogP contribution in [0, 0.1) is 0 Å². The van der Waals surface area contributed by atoms with E-state index in [0.717, 1.165) is 0 Å². The fourth-order valence-corrected chi connectivity index (χ4v) is 0.674. The second-order valence-electron chi connectivity index (χ2n) is 1.81. The minimum absolute atomic E-state index is 0.685. The van der Waals surface area contributed by atoms with Gasteiger partial charge in [-0.1, -0.05) is 12.2 Å². The quantitative estimate of drug-likeness (QED) is 0.398. The van der Waals surface area contributed by atoms with Crippen LogP contribution in [-0.2, 0) is 0 Å². The first-order valence-electron chi connectivity index (χ1n) is 2.37.